The van der Waals surface area contributed by atoms with E-state index >= 15 is 0 Å². The summed E-state index contributed by atoms with van der Waals surface area (Å²) >= 11 is 0. The number of pyridine rings is 1. The van der Waals surface area contributed by atoms with Crippen LogP contribution in [0.5, 0.6) is 0 Å². The number of aryl methyl sites for hydroxylation is 1. The van der Waals surface area contributed by atoms with Crippen molar-refractivity contribution in [3.63, 3.8) is 0 Å². The van der Waals surface area contributed by atoms with Crippen LogP contribution < -0.4 is 4.90 Å². The van der Waals surface area contributed by atoms with Crippen LogP contribution in [-0.2, 0) is 22.1 Å². The average Bonchev–Trinajstić information content (AvgIpc) is 3.25. The van der Waals surface area contributed by atoms with Gasteiger partial charge in [-0.25, -0.2) is 8.42 Å². The molecule has 7 nitrogen and oxygen atoms in total. The molecule has 1 spiro atoms. The summed E-state index contributed by atoms with van der Waals surface area (Å²) < 4.78 is 28.6. The molecule has 0 radical (unpaired) electrons. The van der Waals surface area contributed by atoms with Gasteiger partial charge in [0.1, 0.15) is 0 Å². The maximum atomic E-state index is 13.5. The standard InChI is InChI=1S/C21H21N5O2S/c1-16-8-9-20(24-23-16)25-12-10-21(15-25)18-6-2-3-7-19(18)29(27,28)26(21)14-17-5-4-11-22-13-17/h2-9,11,13H,10,12,14-15H2,1H3. The first-order valence-corrected chi connectivity index (χ1v) is 11.0. The molecule has 4 heterocycles. The van der Waals surface area contributed by atoms with Gasteiger partial charge in [0.05, 0.1) is 16.1 Å². The lowest BCUT2D eigenvalue weighted by molar-refractivity contribution is 0.215. The molecule has 1 fully saturated rings. The van der Waals surface area contributed by atoms with E-state index in [1.165, 1.54) is 0 Å². The van der Waals surface area contributed by atoms with E-state index in [4.69, 9.17) is 0 Å². The second kappa shape index (κ2) is 6.60. The van der Waals surface area contributed by atoms with E-state index < -0.39 is 15.6 Å². The van der Waals surface area contributed by atoms with E-state index in [0.717, 1.165) is 22.6 Å². The molecule has 0 aliphatic carbocycles. The van der Waals surface area contributed by atoms with Crippen molar-refractivity contribution < 1.29 is 8.42 Å². The minimum absolute atomic E-state index is 0.290. The van der Waals surface area contributed by atoms with E-state index in [1.807, 2.05) is 43.3 Å². The van der Waals surface area contributed by atoms with Crippen LogP contribution in [0.25, 0.3) is 0 Å². The maximum absolute atomic E-state index is 13.5. The van der Waals surface area contributed by atoms with Crippen LogP contribution in [0.1, 0.15) is 23.2 Å². The lowest BCUT2D eigenvalue weighted by Gasteiger charge is -2.34. The third-order valence-electron chi connectivity index (χ3n) is 5.84. The monoisotopic (exact) mass is 407 g/mol. The molecule has 1 saturated heterocycles. The molecule has 29 heavy (non-hydrogen) atoms. The first-order chi connectivity index (χ1) is 14.0. The van der Waals surface area contributed by atoms with Crippen molar-refractivity contribution in [1.82, 2.24) is 19.5 Å². The zero-order valence-corrected chi connectivity index (χ0v) is 16.9. The molecular weight excluding hydrogens is 386 g/mol. The summed E-state index contributed by atoms with van der Waals surface area (Å²) in [6.45, 7) is 3.45. The Labute approximate surface area is 170 Å². The number of hydrogen-bond donors (Lipinski definition) is 0. The summed E-state index contributed by atoms with van der Waals surface area (Å²) in [7, 11) is -3.61. The molecule has 2 aliphatic rings. The summed E-state index contributed by atoms with van der Waals surface area (Å²) in [5.74, 6) is 0.774. The second-order valence-electron chi connectivity index (χ2n) is 7.61. The number of nitrogens with zero attached hydrogens (tertiary/aromatic N) is 5. The van der Waals surface area contributed by atoms with Crippen LogP contribution in [-0.4, -0.2) is 41.0 Å². The van der Waals surface area contributed by atoms with E-state index in [9.17, 15) is 8.42 Å². The Morgan fingerprint density at radius 2 is 1.93 bits per heavy atom. The molecule has 5 rings (SSSR count). The number of rotatable bonds is 3. The fourth-order valence-electron chi connectivity index (χ4n) is 4.43. The smallest absolute Gasteiger partial charge is 0.244 e. The van der Waals surface area contributed by atoms with Gasteiger partial charge in [0.25, 0.3) is 0 Å². The lowest BCUT2D eigenvalue weighted by Crippen LogP contribution is -2.45. The van der Waals surface area contributed by atoms with Gasteiger partial charge in [0, 0.05) is 32.0 Å². The predicted octanol–water partition coefficient (Wildman–Crippen LogP) is 2.49. The molecule has 1 unspecified atom stereocenters. The number of hydrogen-bond acceptors (Lipinski definition) is 6. The summed E-state index contributed by atoms with van der Waals surface area (Å²) in [6, 6.07) is 15.0. The molecule has 1 aromatic carbocycles. The highest BCUT2D eigenvalue weighted by molar-refractivity contribution is 7.89. The molecule has 3 aromatic rings. The fraction of sp³-hybridized carbons (Fsp3) is 0.286. The van der Waals surface area contributed by atoms with E-state index in [1.54, 1.807) is 28.8 Å². The van der Waals surface area contributed by atoms with Crippen LogP contribution in [0, 0.1) is 6.92 Å². The van der Waals surface area contributed by atoms with E-state index in [2.05, 4.69) is 20.1 Å². The highest BCUT2D eigenvalue weighted by Gasteiger charge is 2.56. The van der Waals surface area contributed by atoms with Crippen LogP contribution in [0.2, 0.25) is 0 Å². The van der Waals surface area contributed by atoms with E-state index in [-0.39, 0.29) is 6.54 Å². The van der Waals surface area contributed by atoms with Gasteiger partial charge >= 0.3 is 0 Å². The molecule has 2 aromatic heterocycles. The van der Waals surface area contributed by atoms with Crippen LogP contribution in [0.3, 0.4) is 0 Å². The minimum Gasteiger partial charge on any atom is -0.353 e. The summed E-state index contributed by atoms with van der Waals surface area (Å²) in [5.41, 5.74) is 1.97. The van der Waals surface area contributed by atoms with Crippen molar-refractivity contribution in [3.05, 3.63) is 77.7 Å². The molecule has 148 valence electrons. The van der Waals surface area contributed by atoms with Crippen molar-refractivity contribution in [3.8, 4) is 0 Å². The molecule has 0 N–H and O–H groups in total. The number of anilines is 1. The summed E-state index contributed by atoms with van der Waals surface area (Å²) in [4.78, 5) is 6.69. The van der Waals surface area contributed by atoms with Crippen LogP contribution >= 0.6 is 0 Å². The number of fused-ring (bicyclic) bond motifs is 2. The number of benzene rings is 1. The van der Waals surface area contributed by atoms with Crippen LogP contribution in [0.15, 0.2) is 65.8 Å². The molecule has 2 aliphatic heterocycles. The summed E-state index contributed by atoms with van der Waals surface area (Å²) in [5, 5.41) is 8.48. The first-order valence-electron chi connectivity index (χ1n) is 9.57. The highest BCUT2D eigenvalue weighted by atomic mass is 32.2. The van der Waals surface area contributed by atoms with Gasteiger partial charge in [0.2, 0.25) is 10.0 Å². The molecule has 1 atom stereocenters. The van der Waals surface area contributed by atoms with Crippen molar-refractivity contribution in [2.45, 2.75) is 30.3 Å². The maximum Gasteiger partial charge on any atom is 0.244 e. The largest absolute Gasteiger partial charge is 0.353 e. The Balaban J connectivity index is 1.59. The zero-order chi connectivity index (χ0) is 20.1. The predicted molar refractivity (Wildman–Crippen MR) is 109 cm³/mol. The minimum atomic E-state index is -3.61. The normalized spacial score (nSPS) is 22.9. The Kier molecular flexibility index (Phi) is 4.15. The summed E-state index contributed by atoms with van der Waals surface area (Å²) in [6.07, 6.45) is 4.11. The SMILES string of the molecule is Cc1ccc(N2CCC3(C2)c2ccccc2S(=O)(=O)N3Cc2cccnc2)nn1. The first kappa shape index (κ1) is 18.2. The molecule has 0 saturated carbocycles. The fourth-order valence-corrected chi connectivity index (χ4v) is 6.48. The molecular formula is C21H21N5O2S. The second-order valence-corrected chi connectivity index (χ2v) is 9.44. The van der Waals surface area contributed by atoms with Crippen LogP contribution in [0.4, 0.5) is 5.82 Å². The van der Waals surface area contributed by atoms with Gasteiger partial charge in [-0.05, 0) is 48.7 Å². The lowest BCUT2D eigenvalue weighted by atomic mass is 9.88. The van der Waals surface area contributed by atoms with Gasteiger partial charge in [-0.1, -0.05) is 24.3 Å². The molecule has 8 heteroatoms. The van der Waals surface area contributed by atoms with Gasteiger partial charge in [-0.15, -0.1) is 5.10 Å². The topological polar surface area (TPSA) is 79.3 Å². The Morgan fingerprint density at radius 1 is 1.07 bits per heavy atom. The van der Waals surface area contributed by atoms with Crippen molar-refractivity contribution in [1.29, 1.82) is 0 Å². The zero-order valence-electron chi connectivity index (χ0n) is 16.1. The third-order valence-corrected chi connectivity index (χ3v) is 7.81. The third kappa shape index (κ3) is 2.82. The average molecular weight is 407 g/mol. The van der Waals surface area contributed by atoms with Crippen molar-refractivity contribution in [2.75, 3.05) is 18.0 Å². The number of aromatic nitrogens is 3. The Hall–Kier alpha value is -2.84. The Bertz CT molecular complexity index is 1150. The quantitative estimate of drug-likeness (QED) is 0.664. The van der Waals surface area contributed by atoms with Gasteiger partial charge < -0.3 is 4.90 Å². The van der Waals surface area contributed by atoms with Crippen molar-refractivity contribution in [2.24, 2.45) is 0 Å². The van der Waals surface area contributed by atoms with Gasteiger partial charge in [-0.3, -0.25) is 4.98 Å². The Morgan fingerprint density at radius 3 is 2.69 bits per heavy atom. The molecule has 0 amide bonds. The molecule has 0 bridgehead atoms. The van der Waals surface area contributed by atoms with Gasteiger partial charge in [-0.2, -0.15) is 9.40 Å². The van der Waals surface area contributed by atoms with Crippen molar-refractivity contribution >= 4 is 15.8 Å². The highest BCUT2D eigenvalue weighted by Crippen LogP contribution is 2.50. The number of sulfonamides is 1. The van der Waals surface area contributed by atoms with Gasteiger partial charge in [0.15, 0.2) is 5.82 Å². The van der Waals surface area contributed by atoms with E-state index in [0.29, 0.717) is 24.4 Å².